The van der Waals surface area contributed by atoms with Crippen LogP contribution in [-0.2, 0) is 21.3 Å². The molecule has 6 heteroatoms. The zero-order chi connectivity index (χ0) is 14.4. The van der Waals surface area contributed by atoms with Crippen LogP contribution in [0.4, 0.5) is 5.69 Å². The Labute approximate surface area is 118 Å². The van der Waals surface area contributed by atoms with Gasteiger partial charge in [0, 0.05) is 5.69 Å². The highest BCUT2D eigenvalue weighted by Gasteiger charge is 2.13. The number of rotatable bonds is 6. The van der Waals surface area contributed by atoms with Gasteiger partial charge >= 0.3 is 0 Å². The number of para-hydroxylation sites is 1. The molecule has 0 heterocycles. The van der Waals surface area contributed by atoms with Crippen molar-refractivity contribution in [3.05, 3.63) is 60.2 Å². The highest BCUT2D eigenvalue weighted by Crippen LogP contribution is 2.16. The zero-order valence-corrected chi connectivity index (χ0v) is 11.6. The number of nitrogens with one attached hydrogen (secondary N) is 1. The number of hydrogen-bond acceptors (Lipinski definition) is 4. The minimum Gasteiger partial charge on any atom is -0.304 e. The fourth-order valence-corrected chi connectivity index (χ4v) is 2.79. The molecule has 0 aromatic heterocycles. The summed E-state index contributed by atoms with van der Waals surface area (Å²) in [5, 5.41) is 0. The quantitative estimate of drug-likeness (QED) is 0.797. The molecule has 0 amide bonds. The zero-order valence-electron chi connectivity index (χ0n) is 10.8. The van der Waals surface area contributed by atoms with Gasteiger partial charge in [-0.25, -0.2) is 14.3 Å². The first kappa shape index (κ1) is 14.5. The molecule has 3 N–H and O–H groups in total. The third kappa shape index (κ3) is 3.80. The second-order valence-electron chi connectivity index (χ2n) is 4.24. The van der Waals surface area contributed by atoms with Gasteiger partial charge in [-0.2, -0.15) is 0 Å². The van der Waals surface area contributed by atoms with Crippen molar-refractivity contribution >= 4 is 15.7 Å². The lowest BCUT2D eigenvalue weighted by Crippen LogP contribution is -2.13. The monoisotopic (exact) mass is 292 g/mol. The van der Waals surface area contributed by atoms with Crippen molar-refractivity contribution in [2.75, 3.05) is 11.3 Å². The molecule has 0 spiro atoms. The van der Waals surface area contributed by atoms with Crippen LogP contribution in [0.25, 0.3) is 0 Å². The van der Waals surface area contributed by atoms with E-state index in [4.69, 9.17) is 5.90 Å². The van der Waals surface area contributed by atoms with Crippen LogP contribution < -0.4 is 10.6 Å². The van der Waals surface area contributed by atoms with E-state index in [9.17, 15) is 8.42 Å². The highest BCUT2D eigenvalue weighted by atomic mass is 32.2. The number of nitrogens with two attached hydrogens (primary N) is 1. The van der Waals surface area contributed by atoms with Gasteiger partial charge in [0.25, 0.3) is 10.0 Å². The van der Waals surface area contributed by atoms with Crippen molar-refractivity contribution in [2.45, 2.75) is 11.3 Å². The van der Waals surface area contributed by atoms with Crippen LogP contribution >= 0.6 is 0 Å². The van der Waals surface area contributed by atoms with E-state index in [-0.39, 0.29) is 4.90 Å². The SMILES string of the molecule is NOCCc1ccc(S(=O)(=O)Nc2ccccc2)cc1. The molecule has 0 fully saturated rings. The molecule has 106 valence electrons. The van der Waals surface area contributed by atoms with E-state index < -0.39 is 10.0 Å². The Balaban J connectivity index is 2.13. The summed E-state index contributed by atoms with van der Waals surface area (Å²) in [4.78, 5) is 4.71. The molecule has 0 saturated carbocycles. The molecule has 2 rings (SSSR count). The molecule has 0 aliphatic carbocycles. The van der Waals surface area contributed by atoms with Gasteiger partial charge in [0.15, 0.2) is 0 Å². The van der Waals surface area contributed by atoms with E-state index in [1.807, 2.05) is 6.07 Å². The van der Waals surface area contributed by atoms with E-state index in [0.717, 1.165) is 5.56 Å². The minimum absolute atomic E-state index is 0.221. The molecule has 20 heavy (non-hydrogen) atoms. The molecule has 0 unspecified atom stereocenters. The van der Waals surface area contributed by atoms with E-state index in [1.54, 1.807) is 48.5 Å². The molecule has 0 radical (unpaired) electrons. The van der Waals surface area contributed by atoms with Crippen molar-refractivity contribution in [1.29, 1.82) is 0 Å². The Morgan fingerprint density at radius 3 is 2.25 bits per heavy atom. The Kier molecular flexibility index (Phi) is 4.73. The van der Waals surface area contributed by atoms with Crippen molar-refractivity contribution < 1.29 is 13.3 Å². The molecule has 0 atom stereocenters. The summed E-state index contributed by atoms with van der Waals surface area (Å²) in [6.45, 7) is 0.397. The number of benzene rings is 2. The molecule has 2 aromatic rings. The average Bonchev–Trinajstić information content (AvgIpc) is 2.46. The summed E-state index contributed by atoms with van der Waals surface area (Å²) in [6.07, 6.45) is 0.642. The Bertz CT molecular complexity index is 640. The molecule has 0 aliphatic heterocycles. The molecule has 5 nitrogen and oxygen atoms in total. The van der Waals surface area contributed by atoms with Crippen molar-refractivity contribution in [3.8, 4) is 0 Å². The van der Waals surface area contributed by atoms with Crippen molar-refractivity contribution in [2.24, 2.45) is 5.90 Å². The lowest BCUT2D eigenvalue weighted by atomic mass is 10.2. The summed E-state index contributed by atoms with van der Waals surface area (Å²) in [5.74, 6) is 4.96. The second kappa shape index (κ2) is 6.51. The van der Waals surface area contributed by atoms with E-state index in [1.165, 1.54) is 0 Å². The Morgan fingerprint density at radius 2 is 1.65 bits per heavy atom. The van der Waals surface area contributed by atoms with Crippen LogP contribution in [0.3, 0.4) is 0 Å². The summed E-state index contributed by atoms with van der Waals surface area (Å²) in [7, 11) is -3.56. The Morgan fingerprint density at radius 1 is 1.00 bits per heavy atom. The molecule has 0 bridgehead atoms. The molecular weight excluding hydrogens is 276 g/mol. The summed E-state index contributed by atoms with van der Waals surface area (Å²) in [6, 6.07) is 15.4. The maximum absolute atomic E-state index is 12.2. The largest absolute Gasteiger partial charge is 0.304 e. The number of hydrogen-bond donors (Lipinski definition) is 2. The lowest BCUT2D eigenvalue weighted by Gasteiger charge is -2.08. The van der Waals surface area contributed by atoms with Crippen LogP contribution in [0.5, 0.6) is 0 Å². The lowest BCUT2D eigenvalue weighted by molar-refractivity contribution is 0.141. The van der Waals surface area contributed by atoms with Crippen LogP contribution in [0.15, 0.2) is 59.5 Å². The predicted octanol–water partition coefficient (Wildman–Crippen LogP) is 1.92. The van der Waals surface area contributed by atoms with Gasteiger partial charge in [-0.15, -0.1) is 0 Å². The second-order valence-corrected chi connectivity index (χ2v) is 5.92. The van der Waals surface area contributed by atoms with E-state index >= 15 is 0 Å². The first-order chi connectivity index (χ1) is 9.62. The topological polar surface area (TPSA) is 81.4 Å². The third-order valence-corrected chi connectivity index (χ3v) is 4.17. The fraction of sp³-hybridized carbons (Fsp3) is 0.143. The van der Waals surface area contributed by atoms with E-state index in [2.05, 4.69) is 9.56 Å². The molecule has 0 aliphatic rings. The van der Waals surface area contributed by atoms with Gasteiger partial charge in [0.1, 0.15) is 0 Å². The van der Waals surface area contributed by atoms with Crippen molar-refractivity contribution in [3.63, 3.8) is 0 Å². The standard InChI is InChI=1S/C14H16N2O3S/c15-19-11-10-12-6-8-14(9-7-12)20(17,18)16-13-4-2-1-3-5-13/h1-9,16H,10-11,15H2. The summed E-state index contributed by atoms with van der Waals surface area (Å²) < 4.78 is 26.9. The fourth-order valence-electron chi connectivity index (χ4n) is 1.73. The number of sulfonamides is 1. The van der Waals surface area contributed by atoms with Crippen LogP contribution in [0, 0.1) is 0 Å². The molecule has 2 aromatic carbocycles. The minimum atomic E-state index is -3.56. The Hall–Kier alpha value is -1.89. The first-order valence-electron chi connectivity index (χ1n) is 6.10. The van der Waals surface area contributed by atoms with Crippen LogP contribution in [0.2, 0.25) is 0 Å². The molecular formula is C14H16N2O3S. The van der Waals surface area contributed by atoms with Gasteiger partial charge in [-0.05, 0) is 36.2 Å². The summed E-state index contributed by atoms with van der Waals surface area (Å²) >= 11 is 0. The third-order valence-electron chi connectivity index (χ3n) is 2.77. The van der Waals surface area contributed by atoms with E-state index in [0.29, 0.717) is 18.7 Å². The number of anilines is 1. The van der Waals surface area contributed by atoms with Gasteiger partial charge in [-0.1, -0.05) is 30.3 Å². The smallest absolute Gasteiger partial charge is 0.261 e. The average molecular weight is 292 g/mol. The maximum atomic E-state index is 12.2. The molecule has 0 saturated heterocycles. The first-order valence-corrected chi connectivity index (χ1v) is 7.58. The summed E-state index contributed by atoms with van der Waals surface area (Å²) in [5.41, 5.74) is 1.50. The predicted molar refractivity (Wildman–Crippen MR) is 77.5 cm³/mol. The van der Waals surface area contributed by atoms with Gasteiger partial charge in [0.05, 0.1) is 11.5 Å². The van der Waals surface area contributed by atoms with Crippen molar-refractivity contribution in [1.82, 2.24) is 0 Å². The van der Waals surface area contributed by atoms with Crippen LogP contribution in [-0.4, -0.2) is 15.0 Å². The van der Waals surface area contributed by atoms with Gasteiger partial charge < -0.3 is 4.84 Å². The highest BCUT2D eigenvalue weighted by molar-refractivity contribution is 7.92. The van der Waals surface area contributed by atoms with Gasteiger partial charge in [0.2, 0.25) is 0 Å². The maximum Gasteiger partial charge on any atom is 0.261 e. The normalized spacial score (nSPS) is 11.2. The van der Waals surface area contributed by atoms with Crippen LogP contribution in [0.1, 0.15) is 5.56 Å². The van der Waals surface area contributed by atoms with Gasteiger partial charge in [-0.3, -0.25) is 4.72 Å².